The molecular weight excluding hydrogens is 340 g/mol. The van der Waals surface area contributed by atoms with Gasteiger partial charge in [0.15, 0.2) is 5.16 Å². The van der Waals surface area contributed by atoms with Crippen LogP contribution in [0.4, 0.5) is 0 Å². The average molecular weight is 360 g/mol. The van der Waals surface area contributed by atoms with Crippen LogP contribution in [0.1, 0.15) is 16.9 Å². The highest BCUT2D eigenvalue weighted by Gasteiger charge is 2.14. The quantitative estimate of drug-likeness (QED) is 0.408. The van der Waals surface area contributed by atoms with Gasteiger partial charge in [-0.15, -0.1) is 0 Å². The van der Waals surface area contributed by atoms with E-state index in [4.69, 9.17) is 9.40 Å². The fourth-order valence-corrected chi connectivity index (χ4v) is 3.80. The third-order valence-corrected chi connectivity index (χ3v) is 5.33. The molecule has 0 aliphatic heterocycles. The molecule has 0 unspecified atom stereocenters. The van der Waals surface area contributed by atoms with Crippen LogP contribution in [0.3, 0.4) is 0 Å². The molecule has 0 saturated carbocycles. The van der Waals surface area contributed by atoms with E-state index in [0.29, 0.717) is 6.54 Å². The molecule has 0 saturated heterocycles. The Kier molecular flexibility index (Phi) is 4.93. The summed E-state index contributed by atoms with van der Waals surface area (Å²) in [6.45, 7) is 2.78. The van der Waals surface area contributed by atoms with E-state index in [0.717, 1.165) is 22.4 Å². The summed E-state index contributed by atoms with van der Waals surface area (Å²) in [5, 5.41) is 1.00. The van der Waals surface area contributed by atoms with Crippen LogP contribution in [-0.4, -0.2) is 9.55 Å². The van der Waals surface area contributed by atoms with E-state index in [1.54, 1.807) is 18.0 Å². The van der Waals surface area contributed by atoms with Gasteiger partial charge in [-0.3, -0.25) is 0 Å². The number of hydrogen-bond donors (Lipinski definition) is 0. The first kappa shape index (κ1) is 16.7. The molecule has 0 radical (unpaired) electrons. The van der Waals surface area contributed by atoms with E-state index in [2.05, 4.69) is 60.0 Å². The monoisotopic (exact) mass is 360 g/mol. The van der Waals surface area contributed by atoms with Crippen molar-refractivity contribution in [3.8, 4) is 11.3 Å². The van der Waals surface area contributed by atoms with E-state index in [9.17, 15) is 0 Å². The third-order valence-electron chi connectivity index (χ3n) is 4.27. The Morgan fingerprint density at radius 2 is 1.77 bits per heavy atom. The largest absolute Gasteiger partial charge is 0.467 e. The van der Waals surface area contributed by atoms with Crippen molar-refractivity contribution in [2.45, 2.75) is 24.4 Å². The summed E-state index contributed by atoms with van der Waals surface area (Å²) in [6.07, 6.45) is 3.68. The van der Waals surface area contributed by atoms with Gasteiger partial charge in [-0.05, 0) is 30.2 Å². The van der Waals surface area contributed by atoms with E-state index < -0.39 is 0 Å². The molecule has 2 heterocycles. The highest BCUT2D eigenvalue weighted by molar-refractivity contribution is 7.98. The molecule has 0 bridgehead atoms. The smallest absolute Gasteiger partial charge is 0.169 e. The molecule has 0 aliphatic carbocycles. The van der Waals surface area contributed by atoms with Crippen molar-refractivity contribution in [1.82, 2.24) is 9.55 Å². The molecule has 0 fully saturated rings. The van der Waals surface area contributed by atoms with Crippen LogP contribution < -0.4 is 0 Å². The number of furan rings is 1. The molecule has 0 aliphatic rings. The number of hydrogen-bond acceptors (Lipinski definition) is 3. The molecule has 4 aromatic rings. The van der Waals surface area contributed by atoms with Crippen LogP contribution in [0.2, 0.25) is 0 Å². The van der Waals surface area contributed by atoms with Crippen molar-refractivity contribution < 1.29 is 4.42 Å². The van der Waals surface area contributed by atoms with Gasteiger partial charge in [0.1, 0.15) is 5.76 Å². The molecule has 4 heteroatoms. The van der Waals surface area contributed by atoms with Crippen LogP contribution in [0.5, 0.6) is 0 Å². The number of aryl methyl sites for hydroxylation is 1. The summed E-state index contributed by atoms with van der Waals surface area (Å²) in [7, 11) is 0. The van der Waals surface area contributed by atoms with Crippen LogP contribution in [0.25, 0.3) is 11.3 Å². The zero-order valence-electron chi connectivity index (χ0n) is 14.6. The van der Waals surface area contributed by atoms with Gasteiger partial charge in [-0.1, -0.05) is 71.9 Å². The fraction of sp³-hybridized carbons (Fsp3) is 0.136. The highest BCUT2D eigenvalue weighted by Crippen LogP contribution is 2.29. The molecule has 26 heavy (non-hydrogen) atoms. The molecular formula is C22H20N2OS. The normalized spacial score (nSPS) is 11.0. The minimum absolute atomic E-state index is 0.674. The van der Waals surface area contributed by atoms with Crippen LogP contribution >= 0.6 is 11.8 Å². The number of rotatable bonds is 6. The molecule has 0 amide bonds. The standard InChI is InChI=1S/C22H20N2OS/c1-17-9-11-19(12-10-17)21-14-23-22(24(21)15-20-8-5-13-25-20)26-16-18-6-3-2-4-7-18/h2-14H,15-16H2,1H3. The summed E-state index contributed by atoms with van der Waals surface area (Å²) in [5.41, 5.74) is 4.82. The number of thioether (sulfide) groups is 1. The second kappa shape index (κ2) is 7.67. The van der Waals surface area contributed by atoms with Gasteiger partial charge >= 0.3 is 0 Å². The average Bonchev–Trinajstić information content (AvgIpc) is 3.32. The Hall–Kier alpha value is -2.72. The zero-order valence-corrected chi connectivity index (χ0v) is 15.4. The molecule has 130 valence electrons. The molecule has 0 spiro atoms. The highest BCUT2D eigenvalue weighted by atomic mass is 32.2. The third kappa shape index (κ3) is 3.75. The molecule has 2 aromatic heterocycles. The topological polar surface area (TPSA) is 31.0 Å². The van der Waals surface area contributed by atoms with Gasteiger partial charge in [-0.2, -0.15) is 0 Å². The van der Waals surface area contributed by atoms with Crippen molar-refractivity contribution in [2.24, 2.45) is 0 Å². The number of aromatic nitrogens is 2. The summed E-state index contributed by atoms with van der Waals surface area (Å²) in [6, 6.07) is 23.0. The van der Waals surface area contributed by atoms with Crippen molar-refractivity contribution in [3.05, 3.63) is 96.1 Å². The van der Waals surface area contributed by atoms with Crippen molar-refractivity contribution in [3.63, 3.8) is 0 Å². The van der Waals surface area contributed by atoms with E-state index in [1.165, 1.54) is 16.7 Å². The van der Waals surface area contributed by atoms with Crippen LogP contribution in [-0.2, 0) is 12.3 Å². The van der Waals surface area contributed by atoms with Gasteiger partial charge in [-0.25, -0.2) is 4.98 Å². The minimum Gasteiger partial charge on any atom is -0.467 e. The lowest BCUT2D eigenvalue weighted by atomic mass is 10.1. The first-order valence-electron chi connectivity index (χ1n) is 8.61. The Balaban J connectivity index is 1.65. The summed E-state index contributed by atoms with van der Waals surface area (Å²) >= 11 is 1.75. The van der Waals surface area contributed by atoms with E-state index in [1.807, 2.05) is 24.4 Å². The number of nitrogens with zero attached hydrogens (tertiary/aromatic N) is 2. The van der Waals surface area contributed by atoms with Gasteiger partial charge in [0.25, 0.3) is 0 Å². The van der Waals surface area contributed by atoms with Crippen molar-refractivity contribution in [2.75, 3.05) is 0 Å². The maximum Gasteiger partial charge on any atom is 0.169 e. The minimum atomic E-state index is 0.674. The maximum atomic E-state index is 5.58. The lowest BCUT2D eigenvalue weighted by Gasteiger charge is -2.11. The Labute approximate surface area is 157 Å². The number of benzene rings is 2. The predicted octanol–water partition coefficient (Wildman–Crippen LogP) is 5.79. The molecule has 0 atom stereocenters. The van der Waals surface area contributed by atoms with Gasteiger partial charge in [0.05, 0.1) is 24.7 Å². The predicted molar refractivity (Wildman–Crippen MR) is 106 cm³/mol. The fourth-order valence-electron chi connectivity index (χ4n) is 2.86. The van der Waals surface area contributed by atoms with E-state index >= 15 is 0 Å². The first-order chi connectivity index (χ1) is 12.8. The maximum absolute atomic E-state index is 5.58. The van der Waals surface area contributed by atoms with E-state index in [-0.39, 0.29) is 0 Å². The lowest BCUT2D eigenvalue weighted by molar-refractivity contribution is 0.485. The Bertz CT molecular complexity index is 957. The summed E-state index contributed by atoms with van der Waals surface area (Å²) in [5.74, 6) is 1.82. The first-order valence-corrected chi connectivity index (χ1v) is 9.60. The van der Waals surface area contributed by atoms with Crippen molar-refractivity contribution >= 4 is 11.8 Å². The molecule has 3 nitrogen and oxygen atoms in total. The molecule has 0 N–H and O–H groups in total. The van der Waals surface area contributed by atoms with Crippen LogP contribution in [0, 0.1) is 6.92 Å². The van der Waals surface area contributed by atoms with Gasteiger partial charge in [0.2, 0.25) is 0 Å². The number of imidazole rings is 1. The SMILES string of the molecule is Cc1ccc(-c2cnc(SCc3ccccc3)n2Cc2ccco2)cc1. The summed E-state index contributed by atoms with van der Waals surface area (Å²) < 4.78 is 7.81. The zero-order chi connectivity index (χ0) is 17.8. The van der Waals surface area contributed by atoms with Crippen molar-refractivity contribution in [1.29, 1.82) is 0 Å². The summed E-state index contributed by atoms with van der Waals surface area (Å²) in [4.78, 5) is 4.69. The molecule has 2 aromatic carbocycles. The molecule has 4 rings (SSSR count). The van der Waals surface area contributed by atoms with Crippen LogP contribution in [0.15, 0.2) is 88.8 Å². The Morgan fingerprint density at radius 3 is 2.50 bits per heavy atom. The second-order valence-corrected chi connectivity index (χ2v) is 7.17. The second-order valence-electron chi connectivity index (χ2n) is 6.23. The van der Waals surface area contributed by atoms with Gasteiger partial charge < -0.3 is 8.98 Å². The Morgan fingerprint density at radius 1 is 0.962 bits per heavy atom. The van der Waals surface area contributed by atoms with Gasteiger partial charge in [0, 0.05) is 5.75 Å². The lowest BCUT2D eigenvalue weighted by Crippen LogP contribution is -2.03.